The number of rotatable bonds is 3. The molecule has 0 spiro atoms. The van der Waals surface area contributed by atoms with Gasteiger partial charge in [0.05, 0.1) is 0 Å². The summed E-state index contributed by atoms with van der Waals surface area (Å²) in [5.41, 5.74) is -0.417. The minimum Gasteiger partial charge on any atom is -0.444 e. The van der Waals surface area contributed by atoms with Gasteiger partial charge in [-0.2, -0.15) is 0 Å². The van der Waals surface area contributed by atoms with Crippen molar-refractivity contribution in [3.05, 3.63) is 12.2 Å². The molecule has 4 heteroatoms. The van der Waals surface area contributed by atoms with Gasteiger partial charge in [-0.05, 0) is 52.9 Å². The summed E-state index contributed by atoms with van der Waals surface area (Å²) in [6.07, 6.45) is 9.81. The van der Waals surface area contributed by atoms with E-state index >= 15 is 0 Å². The normalized spacial score (nSPS) is 30.6. The summed E-state index contributed by atoms with van der Waals surface area (Å²) in [5.74, 6) is 0. The van der Waals surface area contributed by atoms with Gasteiger partial charge in [-0.1, -0.05) is 12.2 Å². The average Bonchev–Trinajstić information content (AvgIpc) is 2.25. The fraction of sp³-hybridized carbons (Fsp3) is 0.800. The second kappa shape index (κ2) is 5.95. The predicted octanol–water partition coefficient (Wildman–Crippen LogP) is 2.74. The molecule has 1 fully saturated rings. The zero-order valence-electron chi connectivity index (χ0n) is 12.2. The van der Waals surface area contributed by atoms with Crippen LogP contribution in [-0.2, 0) is 4.74 Å². The number of amides is 1. The van der Waals surface area contributed by atoms with Crippen molar-refractivity contribution >= 4 is 6.09 Å². The van der Waals surface area contributed by atoms with Crippen LogP contribution in [0.4, 0.5) is 4.79 Å². The molecule has 1 saturated carbocycles. The fourth-order valence-corrected chi connectivity index (χ4v) is 2.62. The minimum atomic E-state index is -0.417. The van der Waals surface area contributed by atoms with Crippen LogP contribution in [0.15, 0.2) is 12.2 Å². The Labute approximate surface area is 116 Å². The van der Waals surface area contributed by atoms with Gasteiger partial charge in [0, 0.05) is 18.1 Å². The van der Waals surface area contributed by atoms with E-state index in [2.05, 4.69) is 22.8 Å². The van der Waals surface area contributed by atoms with Gasteiger partial charge in [-0.3, -0.25) is 0 Å². The van der Waals surface area contributed by atoms with Crippen LogP contribution in [0, 0.1) is 0 Å². The molecule has 0 saturated heterocycles. The lowest BCUT2D eigenvalue weighted by Crippen LogP contribution is -2.55. The van der Waals surface area contributed by atoms with Crippen molar-refractivity contribution in [3.63, 3.8) is 0 Å². The fourth-order valence-electron chi connectivity index (χ4n) is 2.62. The average molecular weight is 266 g/mol. The molecule has 0 aliphatic heterocycles. The summed E-state index contributed by atoms with van der Waals surface area (Å²) in [6.45, 7) is 5.65. The number of ether oxygens (including phenoxy) is 1. The molecule has 1 amide bonds. The van der Waals surface area contributed by atoms with Crippen LogP contribution in [0.3, 0.4) is 0 Å². The lowest BCUT2D eigenvalue weighted by Gasteiger charge is -2.39. The zero-order chi connectivity index (χ0) is 13.9. The molecule has 0 radical (unpaired) electrons. The van der Waals surface area contributed by atoms with E-state index in [1.54, 1.807) is 0 Å². The molecular weight excluding hydrogens is 240 g/mol. The number of alkyl carbamates (subject to hydrolysis) is 1. The first-order chi connectivity index (χ1) is 8.92. The Kier molecular flexibility index (Phi) is 4.50. The Hall–Kier alpha value is -1.03. The van der Waals surface area contributed by atoms with E-state index in [4.69, 9.17) is 4.74 Å². The van der Waals surface area contributed by atoms with Gasteiger partial charge in [-0.25, -0.2) is 4.79 Å². The maximum absolute atomic E-state index is 11.6. The lowest BCUT2D eigenvalue weighted by molar-refractivity contribution is 0.0462. The highest BCUT2D eigenvalue weighted by atomic mass is 16.6. The predicted molar refractivity (Wildman–Crippen MR) is 76.1 cm³/mol. The highest BCUT2D eigenvalue weighted by Crippen LogP contribution is 2.23. The number of nitrogens with one attached hydrogen (secondary N) is 2. The van der Waals surface area contributed by atoms with E-state index in [1.807, 2.05) is 20.8 Å². The van der Waals surface area contributed by atoms with E-state index in [0.717, 1.165) is 19.3 Å². The van der Waals surface area contributed by atoms with Crippen LogP contribution in [0.5, 0.6) is 0 Å². The van der Waals surface area contributed by atoms with Crippen LogP contribution in [0.1, 0.15) is 52.9 Å². The highest BCUT2D eigenvalue weighted by Gasteiger charge is 2.32. The Morgan fingerprint density at radius 1 is 1.16 bits per heavy atom. The first-order valence-corrected chi connectivity index (χ1v) is 7.33. The molecule has 1 unspecified atom stereocenters. The number of hydrogen-bond acceptors (Lipinski definition) is 3. The Balaban J connectivity index is 1.61. The van der Waals surface area contributed by atoms with Gasteiger partial charge in [0.2, 0.25) is 0 Å². The quantitative estimate of drug-likeness (QED) is 0.772. The SMILES string of the molecule is CC(C)(C)OC(=O)NC1CC(NC2CC=CCC2)C1. The second-order valence-electron chi connectivity index (χ2n) is 6.66. The molecule has 19 heavy (non-hydrogen) atoms. The van der Waals surface area contributed by atoms with Gasteiger partial charge >= 0.3 is 6.09 Å². The Morgan fingerprint density at radius 3 is 2.47 bits per heavy atom. The monoisotopic (exact) mass is 266 g/mol. The van der Waals surface area contributed by atoms with Crippen molar-refractivity contribution in [2.24, 2.45) is 0 Å². The summed E-state index contributed by atoms with van der Waals surface area (Å²) in [4.78, 5) is 11.6. The Morgan fingerprint density at radius 2 is 1.89 bits per heavy atom. The number of carbonyl (C=O) groups excluding carboxylic acids is 1. The van der Waals surface area contributed by atoms with Gasteiger partial charge in [0.1, 0.15) is 5.60 Å². The summed E-state index contributed by atoms with van der Waals surface area (Å²) in [5, 5.41) is 6.59. The topological polar surface area (TPSA) is 50.4 Å². The molecule has 1 atom stereocenters. The van der Waals surface area contributed by atoms with Crippen LogP contribution in [-0.4, -0.2) is 29.8 Å². The van der Waals surface area contributed by atoms with E-state index in [1.165, 1.54) is 12.8 Å². The standard InChI is InChI=1S/C15H26N2O2/c1-15(2,3)19-14(18)17-13-9-12(10-13)16-11-7-5-4-6-8-11/h4-5,11-13,16H,6-10H2,1-3H3,(H,17,18). The number of hydrogen-bond donors (Lipinski definition) is 2. The van der Waals surface area contributed by atoms with E-state index in [-0.39, 0.29) is 12.1 Å². The molecule has 0 heterocycles. The largest absolute Gasteiger partial charge is 0.444 e. The molecule has 2 rings (SSSR count). The van der Waals surface area contributed by atoms with Crippen molar-refractivity contribution in [1.82, 2.24) is 10.6 Å². The summed E-state index contributed by atoms with van der Waals surface area (Å²) < 4.78 is 5.25. The zero-order valence-corrected chi connectivity index (χ0v) is 12.2. The van der Waals surface area contributed by atoms with Crippen LogP contribution < -0.4 is 10.6 Å². The third-order valence-electron chi connectivity index (χ3n) is 3.60. The molecule has 2 aliphatic carbocycles. The highest BCUT2D eigenvalue weighted by molar-refractivity contribution is 5.68. The van der Waals surface area contributed by atoms with Crippen LogP contribution in [0.2, 0.25) is 0 Å². The molecule has 4 nitrogen and oxygen atoms in total. The van der Waals surface area contributed by atoms with Crippen LogP contribution in [0.25, 0.3) is 0 Å². The van der Waals surface area contributed by atoms with E-state index < -0.39 is 5.60 Å². The number of allylic oxidation sites excluding steroid dienone is 1. The lowest BCUT2D eigenvalue weighted by atomic mass is 9.85. The molecule has 108 valence electrons. The molecule has 0 bridgehead atoms. The van der Waals surface area contributed by atoms with Crippen LogP contribution >= 0.6 is 0 Å². The molecule has 0 aromatic carbocycles. The van der Waals surface area contributed by atoms with Gasteiger partial charge in [0.25, 0.3) is 0 Å². The number of carbonyl (C=O) groups is 1. The Bertz CT molecular complexity index is 341. The maximum Gasteiger partial charge on any atom is 0.407 e. The van der Waals surface area contributed by atoms with E-state index in [9.17, 15) is 4.79 Å². The smallest absolute Gasteiger partial charge is 0.407 e. The van der Waals surface area contributed by atoms with Crippen molar-refractivity contribution in [2.45, 2.75) is 76.6 Å². The van der Waals surface area contributed by atoms with Gasteiger partial charge in [-0.15, -0.1) is 0 Å². The van der Waals surface area contributed by atoms with Crippen molar-refractivity contribution in [3.8, 4) is 0 Å². The molecule has 0 aromatic rings. The van der Waals surface area contributed by atoms with E-state index in [0.29, 0.717) is 12.1 Å². The minimum absolute atomic E-state index is 0.270. The molecule has 2 N–H and O–H groups in total. The molecular formula is C15H26N2O2. The van der Waals surface area contributed by atoms with Crippen molar-refractivity contribution < 1.29 is 9.53 Å². The second-order valence-corrected chi connectivity index (χ2v) is 6.66. The molecule has 0 aromatic heterocycles. The van der Waals surface area contributed by atoms with Crippen molar-refractivity contribution in [1.29, 1.82) is 0 Å². The van der Waals surface area contributed by atoms with Gasteiger partial charge in [0.15, 0.2) is 0 Å². The molecule has 2 aliphatic rings. The summed E-state index contributed by atoms with van der Waals surface area (Å²) in [7, 11) is 0. The maximum atomic E-state index is 11.6. The first kappa shape index (κ1) is 14.4. The van der Waals surface area contributed by atoms with Crippen molar-refractivity contribution in [2.75, 3.05) is 0 Å². The summed E-state index contributed by atoms with van der Waals surface area (Å²) in [6, 6.07) is 1.44. The third kappa shape index (κ3) is 4.86. The summed E-state index contributed by atoms with van der Waals surface area (Å²) >= 11 is 0. The first-order valence-electron chi connectivity index (χ1n) is 7.33. The third-order valence-corrected chi connectivity index (χ3v) is 3.60. The van der Waals surface area contributed by atoms with Gasteiger partial charge < -0.3 is 15.4 Å².